The first kappa shape index (κ1) is 10.6. The van der Waals surface area contributed by atoms with Gasteiger partial charge in [0, 0.05) is 11.6 Å². The first-order valence-corrected chi connectivity index (χ1v) is 5.55. The fourth-order valence-corrected chi connectivity index (χ4v) is 2.07. The van der Waals surface area contributed by atoms with Crippen LogP contribution in [0, 0.1) is 0 Å². The van der Waals surface area contributed by atoms with Crippen LogP contribution < -0.4 is 5.73 Å². The molecule has 0 amide bonds. The Bertz CT molecular complexity index is 279. The zero-order valence-electron chi connectivity index (χ0n) is 8.95. The van der Waals surface area contributed by atoms with Crippen LogP contribution in [0.1, 0.15) is 37.9 Å². The van der Waals surface area contributed by atoms with Crippen molar-refractivity contribution in [3.05, 3.63) is 18.0 Å². The first-order valence-electron chi connectivity index (χ1n) is 5.55. The second-order valence-corrected chi connectivity index (χ2v) is 4.39. The average Bonchev–Trinajstić information content (AvgIpc) is 2.71. The van der Waals surface area contributed by atoms with Crippen LogP contribution in [0.25, 0.3) is 0 Å². The van der Waals surface area contributed by atoms with E-state index in [-0.39, 0.29) is 5.54 Å². The summed E-state index contributed by atoms with van der Waals surface area (Å²) in [5, 5.41) is 3.62. The third kappa shape index (κ3) is 3.04. The number of ether oxygens (including phenoxy) is 1. The summed E-state index contributed by atoms with van der Waals surface area (Å²) in [4.78, 5) is 0. The SMILES string of the molecule is NC1(COCc2ccno2)CCCCC1. The molecule has 1 aliphatic carbocycles. The van der Waals surface area contributed by atoms with Crippen molar-refractivity contribution in [3.8, 4) is 0 Å². The van der Waals surface area contributed by atoms with E-state index >= 15 is 0 Å². The lowest BCUT2D eigenvalue weighted by Crippen LogP contribution is -2.46. The second-order valence-electron chi connectivity index (χ2n) is 4.39. The number of nitrogens with zero attached hydrogens (tertiary/aromatic N) is 1. The highest BCUT2D eigenvalue weighted by atomic mass is 16.5. The summed E-state index contributed by atoms with van der Waals surface area (Å²) in [6, 6.07) is 1.81. The zero-order chi connectivity index (χ0) is 10.6. The Kier molecular flexibility index (Phi) is 3.38. The van der Waals surface area contributed by atoms with Gasteiger partial charge in [-0.3, -0.25) is 0 Å². The van der Waals surface area contributed by atoms with Crippen LogP contribution in [0.5, 0.6) is 0 Å². The van der Waals surface area contributed by atoms with Crippen molar-refractivity contribution in [1.82, 2.24) is 5.16 Å². The average molecular weight is 210 g/mol. The molecule has 0 unspecified atom stereocenters. The van der Waals surface area contributed by atoms with Gasteiger partial charge in [0.25, 0.3) is 0 Å². The summed E-state index contributed by atoms with van der Waals surface area (Å²) in [7, 11) is 0. The fraction of sp³-hybridized carbons (Fsp3) is 0.727. The molecule has 0 saturated heterocycles. The zero-order valence-corrected chi connectivity index (χ0v) is 8.95. The Hall–Kier alpha value is -0.870. The van der Waals surface area contributed by atoms with Gasteiger partial charge in [0.2, 0.25) is 0 Å². The molecule has 4 nitrogen and oxygen atoms in total. The number of aromatic nitrogens is 1. The maximum Gasteiger partial charge on any atom is 0.162 e. The molecular weight excluding hydrogens is 192 g/mol. The molecule has 0 bridgehead atoms. The number of hydrogen-bond donors (Lipinski definition) is 1. The van der Waals surface area contributed by atoms with Crippen LogP contribution in [0.2, 0.25) is 0 Å². The van der Waals surface area contributed by atoms with Gasteiger partial charge in [0.1, 0.15) is 6.61 Å². The van der Waals surface area contributed by atoms with E-state index in [1.807, 2.05) is 6.07 Å². The van der Waals surface area contributed by atoms with Gasteiger partial charge >= 0.3 is 0 Å². The van der Waals surface area contributed by atoms with Crippen LogP contribution in [-0.2, 0) is 11.3 Å². The molecule has 15 heavy (non-hydrogen) atoms. The van der Waals surface area contributed by atoms with E-state index in [1.165, 1.54) is 19.3 Å². The van der Waals surface area contributed by atoms with Crippen molar-refractivity contribution in [2.75, 3.05) is 6.61 Å². The quantitative estimate of drug-likeness (QED) is 0.823. The normalized spacial score (nSPS) is 20.3. The molecule has 4 heteroatoms. The molecule has 1 aromatic heterocycles. The molecule has 1 heterocycles. The first-order chi connectivity index (χ1) is 7.29. The second kappa shape index (κ2) is 4.77. The Balaban J connectivity index is 1.72. The molecule has 1 aliphatic rings. The molecule has 2 N–H and O–H groups in total. The molecular formula is C11H18N2O2. The van der Waals surface area contributed by atoms with Gasteiger partial charge in [-0.05, 0) is 12.8 Å². The van der Waals surface area contributed by atoms with E-state index in [0.717, 1.165) is 18.6 Å². The smallest absolute Gasteiger partial charge is 0.162 e. The van der Waals surface area contributed by atoms with E-state index in [9.17, 15) is 0 Å². The minimum atomic E-state index is -0.113. The van der Waals surface area contributed by atoms with Crippen molar-refractivity contribution < 1.29 is 9.26 Å². The molecule has 1 saturated carbocycles. The molecule has 0 atom stereocenters. The minimum absolute atomic E-state index is 0.113. The van der Waals surface area contributed by atoms with E-state index in [1.54, 1.807) is 6.20 Å². The largest absolute Gasteiger partial charge is 0.371 e. The molecule has 1 aromatic rings. The monoisotopic (exact) mass is 210 g/mol. The van der Waals surface area contributed by atoms with Gasteiger partial charge in [-0.15, -0.1) is 0 Å². The summed E-state index contributed by atoms with van der Waals surface area (Å²) in [6.07, 6.45) is 7.52. The van der Waals surface area contributed by atoms with Gasteiger partial charge in [-0.1, -0.05) is 24.4 Å². The Morgan fingerprint density at radius 2 is 2.20 bits per heavy atom. The van der Waals surface area contributed by atoms with Gasteiger partial charge < -0.3 is 15.0 Å². The molecule has 0 spiro atoms. The van der Waals surface area contributed by atoms with E-state index in [4.69, 9.17) is 15.0 Å². The number of hydrogen-bond acceptors (Lipinski definition) is 4. The van der Waals surface area contributed by atoms with E-state index < -0.39 is 0 Å². The summed E-state index contributed by atoms with van der Waals surface area (Å²) >= 11 is 0. The van der Waals surface area contributed by atoms with Crippen molar-refractivity contribution in [1.29, 1.82) is 0 Å². The molecule has 1 fully saturated rings. The lowest BCUT2D eigenvalue weighted by atomic mass is 9.83. The Labute approximate surface area is 89.8 Å². The predicted molar refractivity (Wildman–Crippen MR) is 56.2 cm³/mol. The third-order valence-corrected chi connectivity index (χ3v) is 2.97. The lowest BCUT2D eigenvalue weighted by molar-refractivity contribution is 0.0461. The van der Waals surface area contributed by atoms with Gasteiger partial charge in [0.05, 0.1) is 12.8 Å². The number of nitrogens with two attached hydrogens (primary N) is 1. The standard InChI is InChI=1S/C11H18N2O2/c12-11(5-2-1-3-6-11)9-14-8-10-4-7-13-15-10/h4,7H,1-3,5-6,8-9,12H2. The molecule has 0 radical (unpaired) electrons. The van der Waals surface area contributed by atoms with Gasteiger partial charge in [-0.25, -0.2) is 0 Å². The van der Waals surface area contributed by atoms with Crippen LogP contribution in [0.3, 0.4) is 0 Å². The Morgan fingerprint density at radius 1 is 1.40 bits per heavy atom. The summed E-state index contributed by atoms with van der Waals surface area (Å²) in [6.45, 7) is 1.09. The third-order valence-electron chi connectivity index (χ3n) is 2.97. The van der Waals surface area contributed by atoms with Crippen molar-refractivity contribution in [2.24, 2.45) is 5.73 Å². The van der Waals surface area contributed by atoms with Gasteiger partial charge in [-0.2, -0.15) is 0 Å². The Morgan fingerprint density at radius 3 is 2.87 bits per heavy atom. The summed E-state index contributed by atoms with van der Waals surface area (Å²) in [5.74, 6) is 0.759. The maximum atomic E-state index is 6.23. The summed E-state index contributed by atoms with van der Waals surface area (Å²) in [5.41, 5.74) is 6.11. The van der Waals surface area contributed by atoms with Crippen LogP contribution in [0.4, 0.5) is 0 Å². The molecule has 0 aromatic carbocycles. The maximum absolute atomic E-state index is 6.23. The van der Waals surface area contributed by atoms with Crippen LogP contribution >= 0.6 is 0 Å². The topological polar surface area (TPSA) is 61.3 Å². The van der Waals surface area contributed by atoms with Crippen molar-refractivity contribution >= 4 is 0 Å². The van der Waals surface area contributed by atoms with Gasteiger partial charge in [0.15, 0.2) is 5.76 Å². The highest BCUT2D eigenvalue weighted by Gasteiger charge is 2.27. The lowest BCUT2D eigenvalue weighted by Gasteiger charge is -2.32. The number of rotatable bonds is 4. The molecule has 0 aliphatic heterocycles. The van der Waals surface area contributed by atoms with Crippen molar-refractivity contribution in [2.45, 2.75) is 44.2 Å². The predicted octanol–water partition coefficient (Wildman–Crippen LogP) is 1.85. The summed E-state index contributed by atoms with van der Waals surface area (Å²) < 4.78 is 10.5. The highest BCUT2D eigenvalue weighted by Crippen LogP contribution is 2.26. The van der Waals surface area contributed by atoms with E-state index in [2.05, 4.69) is 5.16 Å². The molecule has 84 valence electrons. The highest BCUT2D eigenvalue weighted by molar-refractivity contribution is 4.91. The van der Waals surface area contributed by atoms with Crippen molar-refractivity contribution in [3.63, 3.8) is 0 Å². The van der Waals surface area contributed by atoms with Crippen LogP contribution in [0.15, 0.2) is 16.8 Å². The van der Waals surface area contributed by atoms with Crippen LogP contribution in [-0.4, -0.2) is 17.3 Å². The van der Waals surface area contributed by atoms with E-state index in [0.29, 0.717) is 13.2 Å². The fourth-order valence-electron chi connectivity index (χ4n) is 2.07. The molecule has 2 rings (SSSR count). The minimum Gasteiger partial charge on any atom is -0.371 e.